The Bertz CT molecular complexity index is 489. The third kappa shape index (κ3) is 2.75. The highest BCUT2D eigenvalue weighted by molar-refractivity contribution is 7.99. The average Bonchev–Trinajstić information content (AvgIpc) is 3.09. The Kier molecular flexibility index (Phi) is 3.64. The minimum Gasteiger partial charge on any atom is -0.220 e. The normalized spacial score (nSPS) is 16.2. The van der Waals surface area contributed by atoms with Crippen LogP contribution >= 0.6 is 11.8 Å². The number of para-hydroxylation sites is 1. The fourth-order valence-corrected chi connectivity index (χ4v) is 3.37. The van der Waals surface area contributed by atoms with Crippen molar-refractivity contribution < 1.29 is 0 Å². The quantitative estimate of drug-likeness (QED) is 0.787. The van der Waals surface area contributed by atoms with Crippen LogP contribution in [-0.4, -0.2) is 20.5 Å². The van der Waals surface area contributed by atoms with Gasteiger partial charge >= 0.3 is 0 Å². The van der Waals surface area contributed by atoms with E-state index in [2.05, 4.69) is 10.1 Å². The Morgan fingerprint density at radius 2 is 1.94 bits per heavy atom. The lowest BCUT2D eigenvalue weighted by Crippen LogP contribution is -1.97. The van der Waals surface area contributed by atoms with E-state index in [4.69, 9.17) is 0 Å². The van der Waals surface area contributed by atoms with E-state index in [1.165, 1.54) is 31.4 Å². The van der Waals surface area contributed by atoms with E-state index < -0.39 is 0 Å². The smallest absolute Gasteiger partial charge is 0.208 e. The molecule has 2 aromatic rings. The minimum atomic E-state index is 0.874. The molecule has 0 amide bonds. The molecule has 0 unspecified atom stereocenters. The molecule has 0 aliphatic heterocycles. The highest BCUT2D eigenvalue weighted by Crippen LogP contribution is 2.29. The van der Waals surface area contributed by atoms with Gasteiger partial charge in [-0.15, -0.1) is 5.10 Å². The first kappa shape index (κ1) is 11.8. The monoisotopic (exact) mass is 259 g/mol. The van der Waals surface area contributed by atoms with E-state index in [0.29, 0.717) is 0 Å². The van der Waals surface area contributed by atoms with Crippen molar-refractivity contribution in [3.63, 3.8) is 0 Å². The molecule has 1 aromatic heterocycles. The second kappa shape index (κ2) is 5.57. The van der Waals surface area contributed by atoms with Gasteiger partial charge in [-0.2, -0.15) is 0 Å². The lowest BCUT2D eigenvalue weighted by atomic mass is 10.1. The largest absolute Gasteiger partial charge is 0.220 e. The Balaban J connectivity index is 1.63. The Labute approximate surface area is 112 Å². The molecule has 0 bridgehead atoms. The van der Waals surface area contributed by atoms with Crippen LogP contribution in [0.4, 0.5) is 0 Å². The summed E-state index contributed by atoms with van der Waals surface area (Å²) in [4.78, 5) is 4.37. The third-order valence-electron chi connectivity index (χ3n) is 3.41. The van der Waals surface area contributed by atoms with E-state index in [0.717, 1.165) is 16.8 Å². The highest BCUT2D eigenvalue weighted by atomic mass is 32.2. The molecule has 0 radical (unpaired) electrons. The van der Waals surface area contributed by atoms with E-state index in [1.54, 1.807) is 18.1 Å². The van der Waals surface area contributed by atoms with Crippen LogP contribution in [0.2, 0.25) is 0 Å². The Hall–Kier alpha value is -1.29. The van der Waals surface area contributed by atoms with Gasteiger partial charge in [-0.1, -0.05) is 42.8 Å². The van der Waals surface area contributed by atoms with Crippen molar-refractivity contribution in [1.29, 1.82) is 0 Å². The van der Waals surface area contributed by atoms with Crippen LogP contribution in [0, 0.1) is 5.92 Å². The molecular formula is C14H17N3S. The Morgan fingerprint density at radius 3 is 2.72 bits per heavy atom. The predicted molar refractivity (Wildman–Crippen MR) is 74.0 cm³/mol. The van der Waals surface area contributed by atoms with Gasteiger partial charge in [0.25, 0.3) is 0 Å². The van der Waals surface area contributed by atoms with Crippen LogP contribution in [0.25, 0.3) is 5.69 Å². The van der Waals surface area contributed by atoms with Crippen molar-refractivity contribution in [2.45, 2.75) is 30.8 Å². The van der Waals surface area contributed by atoms with Crippen LogP contribution in [0.5, 0.6) is 0 Å². The molecule has 0 spiro atoms. The van der Waals surface area contributed by atoms with E-state index in [9.17, 15) is 0 Å². The lowest BCUT2D eigenvalue weighted by Gasteiger charge is -2.05. The fraction of sp³-hybridized carbons (Fsp3) is 0.429. The second-order valence-corrected chi connectivity index (χ2v) is 5.76. The van der Waals surface area contributed by atoms with E-state index in [1.807, 2.05) is 35.0 Å². The van der Waals surface area contributed by atoms with Crippen molar-refractivity contribution in [3.8, 4) is 5.69 Å². The summed E-state index contributed by atoms with van der Waals surface area (Å²) in [5.41, 5.74) is 1.07. The fourth-order valence-electron chi connectivity index (χ4n) is 2.39. The van der Waals surface area contributed by atoms with Crippen LogP contribution in [0.15, 0.2) is 41.8 Å². The van der Waals surface area contributed by atoms with Gasteiger partial charge in [-0.25, -0.2) is 9.67 Å². The van der Waals surface area contributed by atoms with Gasteiger partial charge in [0.2, 0.25) is 5.16 Å². The molecule has 1 aromatic carbocycles. The molecular weight excluding hydrogens is 242 g/mol. The molecule has 0 saturated heterocycles. The number of rotatable bonds is 4. The summed E-state index contributed by atoms with van der Waals surface area (Å²) in [6.07, 6.45) is 7.36. The lowest BCUT2D eigenvalue weighted by molar-refractivity contribution is 0.622. The summed E-state index contributed by atoms with van der Waals surface area (Å²) >= 11 is 1.79. The molecule has 3 rings (SSSR count). The first-order valence-electron chi connectivity index (χ1n) is 6.52. The second-order valence-electron chi connectivity index (χ2n) is 4.77. The zero-order valence-electron chi connectivity index (χ0n) is 10.3. The number of benzene rings is 1. The van der Waals surface area contributed by atoms with Gasteiger partial charge in [0.15, 0.2) is 0 Å². The molecule has 1 fully saturated rings. The van der Waals surface area contributed by atoms with Crippen molar-refractivity contribution in [1.82, 2.24) is 14.8 Å². The molecule has 0 atom stereocenters. The molecule has 1 aliphatic carbocycles. The number of aromatic nitrogens is 3. The molecule has 1 aliphatic rings. The third-order valence-corrected chi connectivity index (χ3v) is 4.50. The van der Waals surface area contributed by atoms with Gasteiger partial charge in [-0.05, 0) is 30.9 Å². The summed E-state index contributed by atoms with van der Waals surface area (Å²) < 4.78 is 1.84. The number of thioether (sulfide) groups is 1. The number of hydrogen-bond donors (Lipinski definition) is 0. The minimum absolute atomic E-state index is 0.874. The van der Waals surface area contributed by atoms with Crippen molar-refractivity contribution in [3.05, 3.63) is 36.7 Å². The first-order valence-corrected chi connectivity index (χ1v) is 7.50. The Morgan fingerprint density at radius 1 is 1.17 bits per heavy atom. The van der Waals surface area contributed by atoms with Crippen LogP contribution in [-0.2, 0) is 0 Å². The SMILES string of the molecule is c1ccc(-n2cnc(SCC3CCCC3)n2)cc1. The van der Waals surface area contributed by atoms with Gasteiger partial charge in [0, 0.05) is 5.75 Å². The van der Waals surface area contributed by atoms with Crippen LogP contribution in [0.1, 0.15) is 25.7 Å². The maximum atomic E-state index is 4.51. The van der Waals surface area contributed by atoms with Crippen molar-refractivity contribution in [2.75, 3.05) is 5.75 Å². The van der Waals surface area contributed by atoms with Crippen molar-refractivity contribution in [2.24, 2.45) is 5.92 Å². The zero-order chi connectivity index (χ0) is 12.2. The summed E-state index contributed by atoms with van der Waals surface area (Å²) in [5.74, 6) is 2.04. The van der Waals surface area contributed by atoms with Gasteiger partial charge in [0.05, 0.1) is 5.69 Å². The topological polar surface area (TPSA) is 30.7 Å². The molecule has 0 N–H and O–H groups in total. The summed E-state index contributed by atoms with van der Waals surface area (Å²) in [7, 11) is 0. The first-order chi connectivity index (χ1) is 8.92. The van der Waals surface area contributed by atoms with Gasteiger partial charge in [-0.3, -0.25) is 0 Å². The number of nitrogens with zero attached hydrogens (tertiary/aromatic N) is 3. The predicted octanol–water partition coefficient (Wildman–Crippen LogP) is 3.55. The van der Waals surface area contributed by atoms with E-state index >= 15 is 0 Å². The molecule has 94 valence electrons. The molecule has 1 saturated carbocycles. The van der Waals surface area contributed by atoms with Gasteiger partial charge in [0.1, 0.15) is 6.33 Å². The summed E-state index contributed by atoms with van der Waals surface area (Å²) in [6, 6.07) is 10.1. The summed E-state index contributed by atoms with van der Waals surface area (Å²) in [5, 5.41) is 5.40. The molecule has 4 heteroatoms. The maximum Gasteiger partial charge on any atom is 0.208 e. The van der Waals surface area contributed by atoms with Gasteiger partial charge < -0.3 is 0 Å². The van der Waals surface area contributed by atoms with Crippen LogP contribution in [0.3, 0.4) is 0 Å². The maximum absolute atomic E-state index is 4.51. The average molecular weight is 259 g/mol. The van der Waals surface area contributed by atoms with E-state index in [-0.39, 0.29) is 0 Å². The van der Waals surface area contributed by atoms with Crippen molar-refractivity contribution >= 4 is 11.8 Å². The molecule has 1 heterocycles. The standard InChI is InChI=1S/C14H17N3S/c1-2-8-13(9-3-1)17-11-15-14(16-17)18-10-12-6-4-5-7-12/h1-3,8-9,11-12H,4-7,10H2. The summed E-state index contributed by atoms with van der Waals surface area (Å²) in [6.45, 7) is 0. The highest BCUT2D eigenvalue weighted by Gasteiger charge is 2.16. The zero-order valence-corrected chi connectivity index (χ0v) is 11.1. The molecule has 3 nitrogen and oxygen atoms in total. The number of hydrogen-bond acceptors (Lipinski definition) is 3. The molecule has 18 heavy (non-hydrogen) atoms. The van der Waals surface area contributed by atoms with Crippen LogP contribution < -0.4 is 0 Å².